The van der Waals surface area contributed by atoms with Gasteiger partial charge in [-0.1, -0.05) is 140 Å². The molecule has 0 atom stereocenters. The Morgan fingerprint density at radius 3 is 1.35 bits per heavy atom. The molecule has 0 amide bonds. The van der Waals surface area contributed by atoms with Crippen molar-refractivity contribution in [1.82, 2.24) is 15.0 Å². The van der Waals surface area contributed by atoms with Crippen LogP contribution >= 0.6 is 0 Å². The number of fused-ring (bicyclic) bond motifs is 2. The van der Waals surface area contributed by atoms with Gasteiger partial charge in [0.05, 0.1) is 0 Å². The Balaban J connectivity index is 1.31. The highest BCUT2D eigenvalue weighted by atomic mass is 15.1. The number of para-hydroxylation sites is 1. The molecule has 0 radical (unpaired) electrons. The van der Waals surface area contributed by atoms with E-state index in [1.807, 2.05) is 30.3 Å². The molecule has 7 aromatic carbocycles. The van der Waals surface area contributed by atoms with Gasteiger partial charge < -0.3 is 4.90 Å². The summed E-state index contributed by atoms with van der Waals surface area (Å²) < 4.78 is 0. The number of hydrogen-bond donors (Lipinski definition) is 0. The average Bonchev–Trinajstić information content (AvgIpc) is 3.19. The molecule has 8 aromatic rings. The van der Waals surface area contributed by atoms with E-state index in [9.17, 15) is 0 Å². The monoisotopic (exact) mass is 626 g/mol. The predicted octanol–water partition coefficient (Wildman–Crippen LogP) is 11.7. The Labute approximate surface area is 285 Å². The van der Waals surface area contributed by atoms with Gasteiger partial charge in [-0.05, 0) is 75.8 Å². The molecule has 4 nitrogen and oxygen atoms in total. The van der Waals surface area contributed by atoms with Gasteiger partial charge in [-0.25, -0.2) is 15.0 Å². The Morgan fingerprint density at radius 2 is 0.673 bits per heavy atom. The Kier molecular flexibility index (Phi) is 7.10. The van der Waals surface area contributed by atoms with Crippen LogP contribution in [-0.4, -0.2) is 15.0 Å². The summed E-state index contributed by atoms with van der Waals surface area (Å²) in [5.41, 5.74) is 12.8. The molecule has 0 N–H and O–H groups in total. The maximum atomic E-state index is 5.05. The zero-order valence-corrected chi connectivity index (χ0v) is 26.6. The predicted molar refractivity (Wildman–Crippen MR) is 201 cm³/mol. The molecule has 10 rings (SSSR count). The Morgan fingerprint density at radius 1 is 0.265 bits per heavy atom. The molecular weight excluding hydrogens is 597 g/mol. The molecule has 1 aromatic heterocycles. The number of anilines is 3. The number of nitrogens with zero attached hydrogens (tertiary/aromatic N) is 4. The second kappa shape index (κ2) is 12.2. The van der Waals surface area contributed by atoms with Crippen molar-refractivity contribution < 1.29 is 0 Å². The van der Waals surface area contributed by atoms with E-state index >= 15 is 0 Å². The molecule has 0 saturated heterocycles. The lowest BCUT2D eigenvalue weighted by atomic mass is 9.93. The van der Waals surface area contributed by atoms with E-state index in [2.05, 4.69) is 157 Å². The SMILES string of the molecule is c1ccc(-c2nc3nc(n2)-c2cccc(c2)-c2cccc(c2)N(c2ccccc2)c2cccc(c2)-c2ccccc2-c2ccc-3cc2)cc1. The topological polar surface area (TPSA) is 41.9 Å². The normalized spacial score (nSPS) is 11.6. The van der Waals surface area contributed by atoms with Crippen molar-refractivity contribution in [3.63, 3.8) is 0 Å². The van der Waals surface area contributed by atoms with E-state index < -0.39 is 0 Å². The first-order valence-corrected chi connectivity index (χ1v) is 16.4. The first-order valence-electron chi connectivity index (χ1n) is 16.4. The fraction of sp³-hybridized carbons (Fsp3) is 0. The zero-order chi connectivity index (χ0) is 32.6. The van der Waals surface area contributed by atoms with Gasteiger partial charge >= 0.3 is 0 Å². The Hall–Kier alpha value is -6.65. The van der Waals surface area contributed by atoms with Crippen molar-refractivity contribution in [2.45, 2.75) is 0 Å². The van der Waals surface area contributed by atoms with Crippen LogP contribution in [0.5, 0.6) is 0 Å². The first-order chi connectivity index (χ1) is 24.3. The minimum absolute atomic E-state index is 0.635. The fourth-order valence-corrected chi connectivity index (χ4v) is 6.64. The van der Waals surface area contributed by atoms with Gasteiger partial charge in [0.15, 0.2) is 17.5 Å². The number of hydrogen-bond acceptors (Lipinski definition) is 4. The molecule has 2 aliphatic rings. The van der Waals surface area contributed by atoms with Crippen LogP contribution < -0.4 is 4.90 Å². The van der Waals surface area contributed by atoms with Crippen LogP contribution in [0.1, 0.15) is 0 Å². The minimum Gasteiger partial charge on any atom is -0.310 e. The highest BCUT2D eigenvalue weighted by Gasteiger charge is 2.17. The lowest BCUT2D eigenvalue weighted by Gasteiger charge is -2.26. The summed E-state index contributed by atoms with van der Waals surface area (Å²) in [6.45, 7) is 0. The molecule has 0 fully saturated rings. The van der Waals surface area contributed by atoms with E-state index in [-0.39, 0.29) is 0 Å². The molecule has 0 aliphatic carbocycles. The molecule has 0 spiro atoms. The maximum absolute atomic E-state index is 5.05. The van der Waals surface area contributed by atoms with Gasteiger partial charge in [0.2, 0.25) is 0 Å². The minimum atomic E-state index is 0.635. The molecule has 2 aliphatic heterocycles. The van der Waals surface area contributed by atoms with Crippen LogP contribution in [-0.2, 0) is 0 Å². The molecule has 4 heteroatoms. The van der Waals surface area contributed by atoms with E-state index in [1.54, 1.807) is 0 Å². The molecule has 10 bridgehead atoms. The van der Waals surface area contributed by atoms with Gasteiger partial charge in [-0.2, -0.15) is 0 Å². The van der Waals surface area contributed by atoms with Crippen molar-refractivity contribution in [2.75, 3.05) is 4.90 Å². The van der Waals surface area contributed by atoms with Crippen LogP contribution in [0, 0.1) is 0 Å². The number of benzene rings is 7. The highest BCUT2D eigenvalue weighted by Crippen LogP contribution is 2.40. The first kappa shape index (κ1) is 28.6. The molecule has 0 unspecified atom stereocenters. The lowest BCUT2D eigenvalue weighted by molar-refractivity contribution is 1.07. The average molecular weight is 627 g/mol. The zero-order valence-electron chi connectivity index (χ0n) is 26.6. The second-order valence-electron chi connectivity index (χ2n) is 12.1. The van der Waals surface area contributed by atoms with Gasteiger partial charge in [-0.3, -0.25) is 0 Å². The van der Waals surface area contributed by atoms with Crippen LogP contribution in [0.3, 0.4) is 0 Å². The van der Waals surface area contributed by atoms with Gasteiger partial charge in [-0.15, -0.1) is 0 Å². The molecule has 230 valence electrons. The number of aromatic nitrogens is 3. The van der Waals surface area contributed by atoms with Gasteiger partial charge in [0.1, 0.15) is 0 Å². The van der Waals surface area contributed by atoms with Crippen molar-refractivity contribution in [2.24, 2.45) is 0 Å². The van der Waals surface area contributed by atoms with Gasteiger partial charge in [0, 0.05) is 33.8 Å². The second-order valence-corrected chi connectivity index (χ2v) is 12.1. The van der Waals surface area contributed by atoms with Crippen LogP contribution in [0.4, 0.5) is 17.1 Å². The van der Waals surface area contributed by atoms with Gasteiger partial charge in [0.25, 0.3) is 0 Å². The summed E-state index contributed by atoms with van der Waals surface area (Å²) in [6.07, 6.45) is 0. The standard InChI is InChI=1S/C45H30N4/c1-3-12-32(13-4-1)43-46-44-33-26-24-31(25-27-33)41-22-7-8-23-42(41)36-16-11-21-40(30-36)49(38-18-5-2-6-19-38)39-20-10-15-35(29-39)34-14-9-17-37(28-34)45(47-43)48-44/h1-30H. The molecular formula is C45H30N4. The summed E-state index contributed by atoms with van der Waals surface area (Å²) in [6, 6.07) is 63.9. The van der Waals surface area contributed by atoms with Crippen molar-refractivity contribution in [3.8, 4) is 67.5 Å². The van der Waals surface area contributed by atoms with Crippen LogP contribution in [0.2, 0.25) is 0 Å². The fourth-order valence-electron chi connectivity index (χ4n) is 6.64. The summed E-state index contributed by atoms with van der Waals surface area (Å²) in [7, 11) is 0. The third-order valence-electron chi connectivity index (χ3n) is 9.04. The quantitative estimate of drug-likeness (QED) is 0.191. The third kappa shape index (κ3) is 5.45. The summed E-state index contributed by atoms with van der Waals surface area (Å²) in [4.78, 5) is 17.4. The van der Waals surface area contributed by atoms with Crippen molar-refractivity contribution >= 4 is 17.1 Å². The van der Waals surface area contributed by atoms with E-state index in [1.165, 1.54) is 5.56 Å². The largest absolute Gasteiger partial charge is 0.310 e. The summed E-state index contributed by atoms with van der Waals surface area (Å²) >= 11 is 0. The highest BCUT2D eigenvalue weighted by molar-refractivity contribution is 5.88. The third-order valence-corrected chi connectivity index (χ3v) is 9.04. The smallest absolute Gasteiger partial charge is 0.164 e. The van der Waals surface area contributed by atoms with E-state index in [0.717, 1.165) is 61.6 Å². The molecule has 3 heterocycles. The summed E-state index contributed by atoms with van der Waals surface area (Å²) in [5.74, 6) is 1.92. The van der Waals surface area contributed by atoms with Crippen molar-refractivity contribution in [3.05, 3.63) is 182 Å². The van der Waals surface area contributed by atoms with Crippen molar-refractivity contribution in [1.29, 1.82) is 0 Å². The van der Waals surface area contributed by atoms with E-state index in [0.29, 0.717) is 17.5 Å². The van der Waals surface area contributed by atoms with Crippen LogP contribution in [0.25, 0.3) is 67.5 Å². The Bertz CT molecular complexity index is 2440. The lowest BCUT2D eigenvalue weighted by Crippen LogP contribution is -2.10. The summed E-state index contributed by atoms with van der Waals surface area (Å²) in [5, 5.41) is 0. The number of rotatable bonds is 2. The molecule has 49 heavy (non-hydrogen) atoms. The molecule has 0 saturated carbocycles. The maximum Gasteiger partial charge on any atom is 0.164 e. The van der Waals surface area contributed by atoms with E-state index in [4.69, 9.17) is 15.0 Å². The van der Waals surface area contributed by atoms with Crippen LogP contribution in [0.15, 0.2) is 182 Å².